The highest BCUT2D eigenvalue weighted by molar-refractivity contribution is 7.80. The SMILES string of the molecule is CC1CCC(OCC(C(N)=S)C(F)(F)F)CC1. The predicted molar refractivity (Wildman–Crippen MR) is 63.7 cm³/mol. The summed E-state index contributed by atoms with van der Waals surface area (Å²) < 4.78 is 42.9. The number of nitrogens with two attached hydrogens (primary N) is 1. The predicted octanol–water partition coefficient (Wildman–Crippen LogP) is 3.05. The lowest BCUT2D eigenvalue weighted by atomic mass is 9.89. The minimum absolute atomic E-state index is 0.0783. The van der Waals surface area contributed by atoms with Crippen LogP contribution in [0.1, 0.15) is 32.6 Å². The van der Waals surface area contributed by atoms with Crippen LogP contribution in [0.4, 0.5) is 13.2 Å². The first-order valence-electron chi connectivity index (χ1n) is 5.78. The normalized spacial score (nSPS) is 27.8. The summed E-state index contributed by atoms with van der Waals surface area (Å²) in [6.07, 6.45) is -0.826. The summed E-state index contributed by atoms with van der Waals surface area (Å²) in [7, 11) is 0. The molecule has 0 radical (unpaired) electrons. The molecule has 2 nitrogen and oxygen atoms in total. The molecule has 0 aromatic carbocycles. The number of rotatable bonds is 4. The molecule has 0 heterocycles. The van der Waals surface area contributed by atoms with Gasteiger partial charge in [0.05, 0.1) is 17.7 Å². The van der Waals surface area contributed by atoms with E-state index in [1.54, 1.807) is 0 Å². The van der Waals surface area contributed by atoms with E-state index in [1.807, 2.05) is 0 Å². The first kappa shape index (κ1) is 14.7. The third-order valence-electron chi connectivity index (χ3n) is 3.20. The van der Waals surface area contributed by atoms with Crippen molar-refractivity contribution in [2.75, 3.05) is 6.61 Å². The Kier molecular flexibility index (Phi) is 5.19. The van der Waals surface area contributed by atoms with E-state index in [2.05, 4.69) is 19.1 Å². The first-order chi connectivity index (χ1) is 7.80. The van der Waals surface area contributed by atoms with Crippen molar-refractivity contribution in [3.05, 3.63) is 0 Å². The van der Waals surface area contributed by atoms with Crippen LogP contribution in [0.15, 0.2) is 0 Å². The maximum Gasteiger partial charge on any atom is 0.400 e. The largest absolute Gasteiger partial charge is 0.400 e. The van der Waals surface area contributed by atoms with Crippen molar-refractivity contribution in [1.29, 1.82) is 0 Å². The molecule has 0 bridgehead atoms. The van der Waals surface area contributed by atoms with Gasteiger partial charge in [0.25, 0.3) is 0 Å². The number of hydrogen-bond acceptors (Lipinski definition) is 2. The summed E-state index contributed by atoms with van der Waals surface area (Å²) in [4.78, 5) is -0.540. The van der Waals surface area contributed by atoms with Crippen molar-refractivity contribution < 1.29 is 17.9 Å². The zero-order valence-corrected chi connectivity index (χ0v) is 10.6. The van der Waals surface area contributed by atoms with Crippen molar-refractivity contribution in [3.63, 3.8) is 0 Å². The molecule has 1 rings (SSSR count). The van der Waals surface area contributed by atoms with Crippen molar-refractivity contribution in [2.24, 2.45) is 17.6 Å². The second-order valence-electron chi connectivity index (χ2n) is 4.71. The molecule has 6 heteroatoms. The monoisotopic (exact) mass is 269 g/mol. The van der Waals surface area contributed by atoms with E-state index in [4.69, 9.17) is 10.5 Å². The number of halogens is 3. The molecule has 0 aromatic heterocycles. The van der Waals surface area contributed by atoms with Gasteiger partial charge in [0, 0.05) is 0 Å². The summed E-state index contributed by atoms with van der Waals surface area (Å²) in [5.41, 5.74) is 5.09. The van der Waals surface area contributed by atoms with Gasteiger partial charge in [0.15, 0.2) is 0 Å². The number of hydrogen-bond donors (Lipinski definition) is 1. The Bertz CT molecular complexity index is 262. The molecule has 0 aliphatic heterocycles. The van der Waals surface area contributed by atoms with Crippen LogP contribution in [0.3, 0.4) is 0 Å². The summed E-state index contributed by atoms with van der Waals surface area (Å²) in [6, 6.07) is 0. The maximum absolute atomic E-state index is 12.5. The van der Waals surface area contributed by atoms with Crippen molar-refractivity contribution in [3.8, 4) is 0 Å². The summed E-state index contributed by atoms with van der Waals surface area (Å²) in [5, 5.41) is 0. The third kappa shape index (κ3) is 4.79. The fraction of sp³-hybridized carbons (Fsp3) is 0.909. The molecular formula is C11H18F3NOS. The van der Waals surface area contributed by atoms with Crippen LogP contribution in [0.25, 0.3) is 0 Å². The topological polar surface area (TPSA) is 35.2 Å². The zero-order valence-electron chi connectivity index (χ0n) is 9.80. The minimum Gasteiger partial charge on any atom is -0.393 e. The Labute approximate surface area is 105 Å². The fourth-order valence-electron chi connectivity index (χ4n) is 1.97. The smallest absolute Gasteiger partial charge is 0.393 e. The lowest BCUT2D eigenvalue weighted by Crippen LogP contribution is -2.39. The van der Waals surface area contributed by atoms with Crippen molar-refractivity contribution in [1.82, 2.24) is 0 Å². The molecular weight excluding hydrogens is 251 g/mol. The molecule has 0 amide bonds. The van der Waals surface area contributed by atoms with Gasteiger partial charge in [-0.3, -0.25) is 0 Å². The third-order valence-corrected chi connectivity index (χ3v) is 3.48. The van der Waals surface area contributed by atoms with Crippen LogP contribution < -0.4 is 5.73 Å². The van der Waals surface area contributed by atoms with E-state index in [0.29, 0.717) is 5.92 Å². The van der Waals surface area contributed by atoms with Crippen molar-refractivity contribution >= 4 is 17.2 Å². The van der Waals surface area contributed by atoms with Gasteiger partial charge >= 0.3 is 6.18 Å². The van der Waals surface area contributed by atoms with E-state index in [9.17, 15) is 13.2 Å². The summed E-state index contributed by atoms with van der Waals surface area (Å²) >= 11 is 4.43. The quantitative estimate of drug-likeness (QED) is 0.797. The molecule has 0 saturated heterocycles. The van der Waals surface area contributed by atoms with Crippen LogP contribution in [-0.2, 0) is 4.74 Å². The summed E-state index contributed by atoms with van der Waals surface area (Å²) in [5.74, 6) is -1.18. The van der Waals surface area contributed by atoms with Crippen LogP contribution in [-0.4, -0.2) is 23.9 Å². The summed E-state index contributed by atoms with van der Waals surface area (Å²) in [6.45, 7) is 1.70. The maximum atomic E-state index is 12.5. The number of thiocarbonyl (C=S) groups is 1. The average molecular weight is 269 g/mol. The average Bonchev–Trinajstić information content (AvgIpc) is 2.18. The molecule has 1 unspecified atom stereocenters. The van der Waals surface area contributed by atoms with Crippen molar-refractivity contribution in [2.45, 2.75) is 44.9 Å². The highest BCUT2D eigenvalue weighted by Gasteiger charge is 2.42. The van der Waals surface area contributed by atoms with Gasteiger partial charge in [-0.25, -0.2) is 0 Å². The Hall–Kier alpha value is -0.360. The lowest BCUT2D eigenvalue weighted by Gasteiger charge is -2.28. The molecule has 1 atom stereocenters. The highest BCUT2D eigenvalue weighted by atomic mass is 32.1. The molecule has 1 fully saturated rings. The zero-order chi connectivity index (χ0) is 13.1. The highest BCUT2D eigenvalue weighted by Crippen LogP contribution is 2.30. The molecule has 1 aliphatic carbocycles. The minimum atomic E-state index is -4.41. The van der Waals surface area contributed by atoms with E-state index < -0.39 is 23.7 Å². The van der Waals surface area contributed by atoms with E-state index in [-0.39, 0.29) is 6.10 Å². The van der Waals surface area contributed by atoms with Gasteiger partial charge in [0.1, 0.15) is 5.92 Å². The van der Waals surface area contributed by atoms with Gasteiger partial charge in [-0.05, 0) is 31.6 Å². The standard InChI is InChI=1S/C11H18F3NOS/c1-7-2-4-8(5-3-7)16-6-9(10(15)17)11(12,13)14/h7-9H,2-6H2,1H3,(H2,15,17). The molecule has 100 valence electrons. The van der Waals surface area contributed by atoms with E-state index >= 15 is 0 Å². The lowest BCUT2D eigenvalue weighted by molar-refractivity contribution is -0.172. The molecule has 1 aliphatic rings. The Morgan fingerprint density at radius 3 is 2.29 bits per heavy atom. The van der Waals surface area contributed by atoms with E-state index in [1.165, 1.54) is 0 Å². The molecule has 0 spiro atoms. The fourth-order valence-corrected chi connectivity index (χ4v) is 2.17. The number of alkyl halides is 3. The van der Waals surface area contributed by atoms with Gasteiger partial charge in [-0.1, -0.05) is 19.1 Å². The van der Waals surface area contributed by atoms with E-state index in [0.717, 1.165) is 25.7 Å². The van der Waals surface area contributed by atoms with Crippen LogP contribution in [0, 0.1) is 11.8 Å². The molecule has 17 heavy (non-hydrogen) atoms. The molecule has 2 N–H and O–H groups in total. The first-order valence-corrected chi connectivity index (χ1v) is 6.19. The Balaban J connectivity index is 2.40. The molecule has 0 aromatic rings. The van der Waals surface area contributed by atoms with Gasteiger partial charge in [-0.15, -0.1) is 0 Å². The molecule has 1 saturated carbocycles. The Morgan fingerprint density at radius 2 is 1.88 bits per heavy atom. The van der Waals surface area contributed by atoms with Gasteiger partial charge in [0.2, 0.25) is 0 Å². The second kappa shape index (κ2) is 6.00. The van der Waals surface area contributed by atoms with Crippen LogP contribution in [0.5, 0.6) is 0 Å². The number of ether oxygens (including phenoxy) is 1. The van der Waals surface area contributed by atoms with Crippen LogP contribution in [0.2, 0.25) is 0 Å². The second-order valence-corrected chi connectivity index (χ2v) is 5.18. The Morgan fingerprint density at radius 1 is 1.35 bits per heavy atom. The van der Waals surface area contributed by atoms with Crippen LogP contribution >= 0.6 is 12.2 Å². The van der Waals surface area contributed by atoms with Gasteiger partial charge in [-0.2, -0.15) is 13.2 Å². The van der Waals surface area contributed by atoms with Gasteiger partial charge < -0.3 is 10.5 Å².